The number of halogens is 3. The van der Waals surface area contributed by atoms with Gasteiger partial charge < -0.3 is 47.4 Å². The Kier molecular flexibility index (Phi) is 21.0. The van der Waals surface area contributed by atoms with E-state index in [4.69, 9.17) is 69.0 Å². The molecule has 0 bridgehead atoms. The Labute approximate surface area is 396 Å². The number of hydrogen-bond donors (Lipinski definition) is 0. The number of ether oxygens (including phenoxy) is 10. The molecule has 0 amide bonds. The normalized spacial score (nSPS) is 25.4. The minimum atomic E-state index is -1.84. The molecule has 0 aliphatic carbocycles. The molecule has 356 valence electrons. The standard InChI is InChI=1S/C40H44ClN3O17S2.2ClH/c1-19(45)52-17-29-32(61-38-36(58-25(7)51)34(56-23(5)49)31(54-21(3)47)30(60-38)18-53-20(2)46)33(55-22(4)48)35(57-24(6)50)37(59-29)43-40-44(26-13-9-8-10-14-26)39(62-63-40)42-28-16-12-11-15-27(28)41;;/h8-16,29-38H,17-18H2,1-7H3;2*1H/b42-39?,43-40+;;/t29-,30-,31+,32-,33+,34+,35-,36-,37-,38+;;/m1../s1. The molecule has 2 aromatic carbocycles. The number of esters is 7. The van der Waals surface area contributed by atoms with Gasteiger partial charge in [-0.15, -0.1) is 24.8 Å². The third-order valence-corrected chi connectivity index (χ3v) is 11.2. The molecule has 0 N–H and O–H groups in total. The second-order valence-electron chi connectivity index (χ2n) is 13.8. The fraction of sp³-hybridized carbons (Fsp3) is 0.475. The number of carbonyl (C=O) groups excluding carboxylic acids is 7. The minimum Gasteiger partial charge on any atom is -0.463 e. The van der Waals surface area contributed by atoms with Crippen LogP contribution in [0.3, 0.4) is 0 Å². The van der Waals surface area contributed by atoms with Crippen molar-refractivity contribution in [1.82, 2.24) is 4.57 Å². The van der Waals surface area contributed by atoms with Gasteiger partial charge >= 0.3 is 41.8 Å². The molecule has 0 unspecified atom stereocenters. The summed E-state index contributed by atoms with van der Waals surface area (Å²) >= 11 is 6.47. The summed E-state index contributed by atoms with van der Waals surface area (Å²) in [5, 5.41) is 0.389. The molecule has 2 aliphatic heterocycles. The van der Waals surface area contributed by atoms with Gasteiger partial charge in [0.05, 0.1) is 16.4 Å². The first kappa shape index (κ1) is 54.4. The molecule has 5 rings (SSSR count). The number of aromatic nitrogens is 1. The predicted octanol–water partition coefficient (Wildman–Crippen LogP) is 3.85. The number of rotatable bonds is 14. The SMILES string of the molecule is CC(=O)OC[C@H]1O[C@@H](O[C@H]2[C@H](OC(C)=O)[C@@H](OC(C)=O)[C@H](/N=c3/ssc(=Nc4ccccc4Cl)n3-c3ccccc3)O[C@@H]2COC(C)=O)[C@H](OC(C)=O)[C@@H](OC(C)=O)[C@H]1OC(C)=O.Cl.Cl. The fourth-order valence-corrected chi connectivity index (χ4v) is 8.86. The summed E-state index contributed by atoms with van der Waals surface area (Å²) in [4.78, 5) is 97.8. The Bertz CT molecular complexity index is 2310. The van der Waals surface area contributed by atoms with Gasteiger partial charge in [-0.05, 0) is 44.9 Å². The molecule has 25 heteroatoms. The first-order valence-corrected chi connectivity index (χ1v) is 21.6. The molecule has 3 aromatic rings. The lowest BCUT2D eigenvalue weighted by Crippen LogP contribution is -2.67. The van der Waals surface area contributed by atoms with E-state index >= 15 is 0 Å². The van der Waals surface area contributed by atoms with E-state index in [0.717, 1.165) is 48.5 Å². The fourth-order valence-electron chi connectivity index (χ4n) is 6.52. The highest BCUT2D eigenvalue weighted by Crippen LogP contribution is 2.36. The van der Waals surface area contributed by atoms with Crippen LogP contribution < -0.4 is 9.60 Å². The number of hydrogen-bond acceptors (Lipinski definition) is 21. The van der Waals surface area contributed by atoms with Gasteiger partial charge in [0.25, 0.3) is 0 Å². The number of para-hydroxylation sites is 2. The van der Waals surface area contributed by atoms with Crippen molar-refractivity contribution in [2.45, 2.75) is 110 Å². The quantitative estimate of drug-likeness (QED) is 0.127. The summed E-state index contributed by atoms with van der Waals surface area (Å²) in [5.74, 6) is -5.96. The Morgan fingerprint density at radius 1 is 0.569 bits per heavy atom. The lowest BCUT2D eigenvalue weighted by molar-refractivity contribution is -0.344. The van der Waals surface area contributed by atoms with Crippen molar-refractivity contribution in [1.29, 1.82) is 0 Å². The van der Waals surface area contributed by atoms with Crippen LogP contribution in [-0.4, -0.2) is 121 Å². The first-order chi connectivity index (χ1) is 29.9. The van der Waals surface area contributed by atoms with E-state index in [9.17, 15) is 33.6 Å². The molecule has 1 aromatic heterocycles. The summed E-state index contributed by atoms with van der Waals surface area (Å²) in [7, 11) is 2.41. The van der Waals surface area contributed by atoms with Crippen LogP contribution in [0.2, 0.25) is 5.02 Å². The number of benzene rings is 2. The van der Waals surface area contributed by atoms with E-state index < -0.39 is 116 Å². The van der Waals surface area contributed by atoms with Crippen LogP contribution in [0.1, 0.15) is 48.5 Å². The Balaban J connectivity index is 0.00000561. The van der Waals surface area contributed by atoms with Crippen molar-refractivity contribution in [3.05, 3.63) is 69.2 Å². The van der Waals surface area contributed by atoms with Crippen molar-refractivity contribution in [3.8, 4) is 5.69 Å². The zero-order chi connectivity index (χ0) is 46.0. The van der Waals surface area contributed by atoms with Gasteiger partial charge in [0.1, 0.15) is 31.5 Å². The smallest absolute Gasteiger partial charge is 0.303 e. The Hall–Kier alpha value is -4.94. The molecule has 0 radical (unpaired) electrons. The van der Waals surface area contributed by atoms with E-state index in [1.54, 1.807) is 53.1 Å². The van der Waals surface area contributed by atoms with Gasteiger partial charge in [-0.2, -0.15) is 0 Å². The minimum absolute atomic E-state index is 0. The molecule has 3 heterocycles. The summed E-state index contributed by atoms with van der Waals surface area (Å²) in [5.41, 5.74) is 1.09. The Morgan fingerprint density at radius 2 is 1.03 bits per heavy atom. The Morgan fingerprint density at radius 3 is 1.57 bits per heavy atom. The van der Waals surface area contributed by atoms with Gasteiger partial charge in [-0.3, -0.25) is 38.1 Å². The lowest BCUT2D eigenvalue weighted by Gasteiger charge is -2.48. The molecule has 65 heavy (non-hydrogen) atoms. The van der Waals surface area contributed by atoms with Crippen LogP contribution in [0.15, 0.2) is 64.6 Å². The maximum Gasteiger partial charge on any atom is 0.303 e. The van der Waals surface area contributed by atoms with E-state index in [1.807, 2.05) is 6.07 Å². The van der Waals surface area contributed by atoms with Gasteiger partial charge in [-0.1, -0.05) is 41.9 Å². The molecule has 20 nitrogen and oxygen atoms in total. The summed E-state index contributed by atoms with van der Waals surface area (Å²) in [6.07, 6.45) is -16.0. The van der Waals surface area contributed by atoms with Crippen molar-refractivity contribution in [2.75, 3.05) is 13.2 Å². The molecule has 2 saturated heterocycles. The van der Waals surface area contributed by atoms with E-state index in [-0.39, 0.29) is 29.6 Å². The maximum absolute atomic E-state index is 12.9. The zero-order valence-electron chi connectivity index (χ0n) is 35.7. The second-order valence-corrected chi connectivity index (χ2v) is 16.3. The van der Waals surface area contributed by atoms with E-state index in [0.29, 0.717) is 21.2 Å². The van der Waals surface area contributed by atoms with Gasteiger partial charge in [0.15, 0.2) is 43.0 Å². The van der Waals surface area contributed by atoms with Crippen LogP contribution >= 0.6 is 57.1 Å². The molecule has 0 spiro atoms. The van der Waals surface area contributed by atoms with Crippen LogP contribution in [-0.2, 0) is 80.9 Å². The topological polar surface area (TPSA) is 241 Å². The predicted molar refractivity (Wildman–Crippen MR) is 231 cm³/mol. The van der Waals surface area contributed by atoms with Gasteiger partial charge in [-0.25, -0.2) is 9.98 Å². The third kappa shape index (κ3) is 15.0. The second kappa shape index (κ2) is 25.1. The van der Waals surface area contributed by atoms with Crippen molar-refractivity contribution in [3.63, 3.8) is 0 Å². The van der Waals surface area contributed by atoms with Crippen molar-refractivity contribution >= 4 is 105 Å². The number of carbonyl (C=O) groups is 7. The lowest BCUT2D eigenvalue weighted by atomic mass is 9.95. The van der Waals surface area contributed by atoms with Crippen LogP contribution in [0.25, 0.3) is 5.69 Å². The van der Waals surface area contributed by atoms with Crippen molar-refractivity contribution < 1.29 is 80.9 Å². The van der Waals surface area contributed by atoms with Crippen LogP contribution in [0.4, 0.5) is 5.69 Å². The van der Waals surface area contributed by atoms with Crippen molar-refractivity contribution in [2.24, 2.45) is 9.98 Å². The number of nitrogens with zero attached hydrogens (tertiary/aromatic N) is 3. The molecule has 2 fully saturated rings. The molecular formula is C40H46Cl3N3O17S2. The average Bonchev–Trinajstić information content (AvgIpc) is 3.59. The highest BCUT2D eigenvalue weighted by Gasteiger charge is 2.57. The molecule has 10 atom stereocenters. The summed E-state index contributed by atoms with van der Waals surface area (Å²) in [6, 6.07) is 16.0. The summed E-state index contributed by atoms with van der Waals surface area (Å²) in [6.45, 7) is 6.37. The molecule has 0 saturated carbocycles. The van der Waals surface area contributed by atoms with Crippen LogP contribution in [0.5, 0.6) is 0 Å². The maximum atomic E-state index is 12.9. The molecule has 2 aliphatic rings. The monoisotopic (exact) mass is 1010 g/mol. The van der Waals surface area contributed by atoms with E-state index in [1.165, 1.54) is 20.7 Å². The highest BCUT2D eigenvalue weighted by atomic mass is 35.5. The van der Waals surface area contributed by atoms with Crippen LogP contribution in [0, 0.1) is 0 Å². The molecular weight excluding hydrogens is 965 g/mol. The van der Waals surface area contributed by atoms with E-state index in [2.05, 4.69) is 0 Å². The average molecular weight is 1010 g/mol. The highest BCUT2D eigenvalue weighted by molar-refractivity contribution is 7.67. The first-order valence-electron chi connectivity index (χ1n) is 19.1. The summed E-state index contributed by atoms with van der Waals surface area (Å²) < 4.78 is 59.5. The zero-order valence-corrected chi connectivity index (χ0v) is 39.7. The largest absolute Gasteiger partial charge is 0.463 e. The van der Waals surface area contributed by atoms with Gasteiger partial charge in [0, 0.05) is 48.5 Å². The van der Waals surface area contributed by atoms with Gasteiger partial charge in [0.2, 0.25) is 9.60 Å². The third-order valence-electron chi connectivity index (χ3n) is 8.80.